The van der Waals surface area contributed by atoms with Crippen LogP contribution in [0.15, 0.2) is 42.6 Å². The van der Waals surface area contributed by atoms with Crippen LogP contribution in [-0.2, 0) is 0 Å². The Balaban J connectivity index is 1.43. The summed E-state index contributed by atoms with van der Waals surface area (Å²) in [5, 5.41) is 1.24. The second kappa shape index (κ2) is 6.24. The molecule has 1 saturated heterocycles. The Bertz CT molecular complexity index is 896. The van der Waals surface area contributed by atoms with Gasteiger partial charge < -0.3 is 14.9 Å². The van der Waals surface area contributed by atoms with Gasteiger partial charge in [-0.05, 0) is 43.4 Å². The number of fused-ring (bicyclic) bond motifs is 1. The number of amides is 1. The number of nitrogens with zero attached hydrogens (tertiary/aromatic N) is 1. The standard InChI is InChI=1S/C20H21N3O2/c1-13(24)16-11-19(21-12-16)20(25)23-8-6-14(7-9-23)18-10-15-4-2-3-5-17(15)22-18/h2-5,10-12,14,21-22H,6-9H2,1H3. The molecular weight excluding hydrogens is 314 g/mol. The highest BCUT2D eigenvalue weighted by Gasteiger charge is 2.26. The molecular formula is C20H21N3O2. The van der Waals surface area contributed by atoms with E-state index in [1.54, 1.807) is 12.3 Å². The molecule has 2 N–H and O–H groups in total. The van der Waals surface area contributed by atoms with E-state index in [1.165, 1.54) is 23.5 Å². The first-order valence-corrected chi connectivity index (χ1v) is 8.68. The molecule has 1 fully saturated rings. The number of H-pyrrole nitrogens is 2. The highest BCUT2D eigenvalue weighted by Crippen LogP contribution is 2.30. The van der Waals surface area contributed by atoms with Crippen LogP contribution in [0.25, 0.3) is 10.9 Å². The molecule has 0 bridgehead atoms. The van der Waals surface area contributed by atoms with E-state index in [-0.39, 0.29) is 11.7 Å². The van der Waals surface area contributed by atoms with Gasteiger partial charge in [0.25, 0.3) is 5.91 Å². The Morgan fingerprint density at radius 3 is 2.56 bits per heavy atom. The molecule has 5 heteroatoms. The predicted octanol–water partition coefficient (Wildman–Crippen LogP) is 3.72. The molecule has 0 saturated carbocycles. The third kappa shape index (κ3) is 2.97. The molecule has 4 rings (SSSR count). The molecule has 0 aliphatic carbocycles. The Labute approximate surface area is 146 Å². The van der Waals surface area contributed by atoms with E-state index in [9.17, 15) is 9.59 Å². The summed E-state index contributed by atoms with van der Waals surface area (Å²) < 4.78 is 0. The Morgan fingerprint density at radius 1 is 1.12 bits per heavy atom. The molecule has 0 atom stereocenters. The van der Waals surface area contributed by atoms with E-state index in [4.69, 9.17) is 0 Å². The lowest BCUT2D eigenvalue weighted by Gasteiger charge is -2.31. The van der Waals surface area contributed by atoms with Gasteiger partial charge in [-0.3, -0.25) is 9.59 Å². The number of likely N-dealkylation sites (tertiary alicyclic amines) is 1. The number of para-hydroxylation sites is 1. The second-order valence-corrected chi connectivity index (χ2v) is 6.74. The number of nitrogens with one attached hydrogen (secondary N) is 2. The number of ketones is 1. The van der Waals surface area contributed by atoms with Gasteiger partial charge in [-0.2, -0.15) is 0 Å². The number of aromatic amines is 2. The van der Waals surface area contributed by atoms with Crippen LogP contribution in [0, 0.1) is 0 Å². The first-order valence-electron chi connectivity index (χ1n) is 8.68. The lowest BCUT2D eigenvalue weighted by atomic mass is 9.93. The minimum Gasteiger partial charge on any atom is -0.358 e. The van der Waals surface area contributed by atoms with Crippen molar-refractivity contribution in [2.24, 2.45) is 0 Å². The van der Waals surface area contributed by atoms with Crippen molar-refractivity contribution in [2.75, 3.05) is 13.1 Å². The van der Waals surface area contributed by atoms with Crippen LogP contribution in [0.3, 0.4) is 0 Å². The molecule has 25 heavy (non-hydrogen) atoms. The van der Waals surface area contributed by atoms with Crippen LogP contribution in [0.4, 0.5) is 0 Å². The summed E-state index contributed by atoms with van der Waals surface area (Å²) in [6, 6.07) is 12.2. The van der Waals surface area contributed by atoms with E-state index in [0.29, 0.717) is 17.2 Å². The maximum absolute atomic E-state index is 12.6. The van der Waals surface area contributed by atoms with Crippen LogP contribution < -0.4 is 0 Å². The minimum absolute atomic E-state index is 0.0254. The number of benzene rings is 1. The molecule has 3 aromatic rings. The summed E-state index contributed by atoms with van der Waals surface area (Å²) in [5.41, 5.74) is 3.47. The van der Waals surface area contributed by atoms with Gasteiger partial charge in [0.15, 0.2) is 5.78 Å². The quantitative estimate of drug-likeness (QED) is 0.716. The number of Topliss-reactive ketones (excluding diaryl/α,β-unsaturated/α-hetero) is 1. The Kier molecular flexibility index (Phi) is 3.92. The van der Waals surface area contributed by atoms with Crippen LogP contribution in [0.2, 0.25) is 0 Å². The second-order valence-electron chi connectivity index (χ2n) is 6.74. The van der Waals surface area contributed by atoms with E-state index in [0.717, 1.165) is 25.9 Å². The average molecular weight is 335 g/mol. The van der Waals surface area contributed by atoms with Gasteiger partial charge in [0.1, 0.15) is 5.69 Å². The summed E-state index contributed by atoms with van der Waals surface area (Å²) in [4.78, 5) is 32.3. The topological polar surface area (TPSA) is 69.0 Å². The molecule has 1 aromatic carbocycles. The molecule has 2 aromatic heterocycles. The fourth-order valence-electron chi connectivity index (χ4n) is 3.60. The maximum Gasteiger partial charge on any atom is 0.270 e. The van der Waals surface area contributed by atoms with Gasteiger partial charge in [0, 0.05) is 42.0 Å². The molecule has 5 nitrogen and oxygen atoms in total. The van der Waals surface area contributed by atoms with Crippen molar-refractivity contribution < 1.29 is 9.59 Å². The molecule has 1 aliphatic rings. The summed E-state index contributed by atoms with van der Waals surface area (Å²) >= 11 is 0. The third-order valence-corrected chi connectivity index (χ3v) is 5.09. The number of rotatable bonds is 3. The summed E-state index contributed by atoms with van der Waals surface area (Å²) in [7, 11) is 0. The third-order valence-electron chi connectivity index (χ3n) is 5.09. The number of carbonyl (C=O) groups excluding carboxylic acids is 2. The monoisotopic (exact) mass is 335 g/mol. The van der Waals surface area contributed by atoms with Crippen molar-refractivity contribution in [3.05, 3.63) is 59.5 Å². The van der Waals surface area contributed by atoms with Crippen LogP contribution in [-0.4, -0.2) is 39.6 Å². The Morgan fingerprint density at radius 2 is 1.88 bits per heavy atom. The van der Waals surface area contributed by atoms with Gasteiger partial charge in [-0.15, -0.1) is 0 Å². The number of aromatic nitrogens is 2. The molecule has 1 aliphatic heterocycles. The molecule has 3 heterocycles. The van der Waals surface area contributed by atoms with E-state index in [1.807, 2.05) is 17.0 Å². The van der Waals surface area contributed by atoms with Crippen LogP contribution in [0.1, 0.15) is 52.2 Å². The maximum atomic E-state index is 12.6. The van der Waals surface area contributed by atoms with Crippen molar-refractivity contribution in [1.29, 1.82) is 0 Å². The predicted molar refractivity (Wildman–Crippen MR) is 97.0 cm³/mol. The zero-order valence-corrected chi connectivity index (χ0v) is 14.2. The first kappa shape index (κ1) is 15.7. The fourth-order valence-corrected chi connectivity index (χ4v) is 3.60. The van der Waals surface area contributed by atoms with Gasteiger partial charge >= 0.3 is 0 Å². The largest absolute Gasteiger partial charge is 0.358 e. The summed E-state index contributed by atoms with van der Waals surface area (Å²) in [6.07, 6.45) is 3.49. The molecule has 1 amide bonds. The zero-order chi connectivity index (χ0) is 17.4. The smallest absolute Gasteiger partial charge is 0.270 e. The molecule has 0 radical (unpaired) electrons. The van der Waals surface area contributed by atoms with Crippen molar-refractivity contribution >= 4 is 22.6 Å². The highest BCUT2D eigenvalue weighted by atomic mass is 16.2. The number of carbonyl (C=O) groups is 2. The highest BCUT2D eigenvalue weighted by molar-refractivity contribution is 5.99. The van der Waals surface area contributed by atoms with Gasteiger partial charge in [-0.25, -0.2) is 0 Å². The normalized spacial score (nSPS) is 15.6. The lowest BCUT2D eigenvalue weighted by Crippen LogP contribution is -2.38. The van der Waals surface area contributed by atoms with Crippen LogP contribution in [0.5, 0.6) is 0 Å². The SMILES string of the molecule is CC(=O)c1c[nH]c(C(=O)N2CCC(c3cc4ccccc4[nH]3)CC2)c1. The van der Waals surface area contributed by atoms with Gasteiger partial charge in [0.05, 0.1) is 0 Å². The zero-order valence-electron chi connectivity index (χ0n) is 14.2. The van der Waals surface area contributed by atoms with Crippen molar-refractivity contribution in [3.63, 3.8) is 0 Å². The van der Waals surface area contributed by atoms with Crippen LogP contribution >= 0.6 is 0 Å². The van der Waals surface area contributed by atoms with Crippen molar-refractivity contribution in [1.82, 2.24) is 14.9 Å². The Hall–Kier alpha value is -2.82. The molecule has 0 unspecified atom stereocenters. The van der Waals surface area contributed by atoms with E-state index >= 15 is 0 Å². The number of hydrogen-bond acceptors (Lipinski definition) is 2. The van der Waals surface area contributed by atoms with Gasteiger partial charge in [-0.1, -0.05) is 18.2 Å². The van der Waals surface area contributed by atoms with Crippen molar-refractivity contribution in [2.45, 2.75) is 25.7 Å². The molecule has 0 spiro atoms. The fraction of sp³-hybridized carbons (Fsp3) is 0.300. The van der Waals surface area contributed by atoms with Gasteiger partial charge in [0.2, 0.25) is 0 Å². The first-order chi connectivity index (χ1) is 12.1. The molecule has 128 valence electrons. The average Bonchev–Trinajstić information content (AvgIpc) is 3.28. The van der Waals surface area contributed by atoms with E-state index in [2.05, 4.69) is 28.2 Å². The minimum atomic E-state index is -0.0344. The number of piperidine rings is 1. The van der Waals surface area contributed by atoms with E-state index < -0.39 is 0 Å². The summed E-state index contributed by atoms with van der Waals surface area (Å²) in [6.45, 7) is 2.96. The lowest BCUT2D eigenvalue weighted by molar-refractivity contribution is 0.0707. The van der Waals surface area contributed by atoms with Crippen molar-refractivity contribution in [3.8, 4) is 0 Å². The number of hydrogen-bond donors (Lipinski definition) is 2. The summed E-state index contributed by atoms with van der Waals surface area (Å²) in [5.74, 6) is 0.392.